The maximum atomic E-state index is 13.2. The second kappa shape index (κ2) is 9.49. The minimum absolute atomic E-state index is 0.0443. The minimum Gasteiger partial charge on any atom is -0.289 e. The molecule has 6 heteroatoms. The Morgan fingerprint density at radius 1 is 0.794 bits per heavy atom. The van der Waals surface area contributed by atoms with Gasteiger partial charge in [0, 0.05) is 27.1 Å². The van der Waals surface area contributed by atoms with Crippen molar-refractivity contribution in [1.82, 2.24) is 0 Å². The van der Waals surface area contributed by atoms with Crippen molar-refractivity contribution in [2.45, 2.75) is 68.3 Å². The van der Waals surface area contributed by atoms with Crippen molar-refractivity contribution in [3.05, 3.63) is 82.9 Å². The Labute approximate surface area is 204 Å². The number of alkyl halides is 3. The summed E-state index contributed by atoms with van der Waals surface area (Å²) in [4.78, 5) is 6.07. The SMILES string of the molecule is CC(C)(C)c1cc(C=Nc2ccccc2Sc2ccc(C(F)(F)F)cc2)c([O])c(C(C)(C)C)c1. The first-order chi connectivity index (χ1) is 15.7. The molecule has 3 rings (SSSR count). The summed E-state index contributed by atoms with van der Waals surface area (Å²) >= 11 is 1.33. The molecular formula is C28H29F3NOS. The number of nitrogens with zero attached hydrogens (tertiary/aromatic N) is 1. The molecule has 0 aliphatic rings. The zero-order valence-electron chi connectivity index (χ0n) is 20.2. The van der Waals surface area contributed by atoms with Gasteiger partial charge >= 0.3 is 6.18 Å². The van der Waals surface area contributed by atoms with E-state index in [0.29, 0.717) is 16.1 Å². The molecule has 3 aromatic carbocycles. The monoisotopic (exact) mass is 484 g/mol. The molecule has 0 unspecified atom stereocenters. The molecule has 0 saturated carbocycles. The van der Waals surface area contributed by atoms with Crippen molar-refractivity contribution in [2.24, 2.45) is 4.99 Å². The second-order valence-electron chi connectivity index (χ2n) is 10.3. The fraction of sp³-hybridized carbons (Fsp3) is 0.321. The number of para-hydroxylation sites is 1. The van der Waals surface area contributed by atoms with Crippen LogP contribution in [0.5, 0.6) is 5.75 Å². The quantitative estimate of drug-likeness (QED) is 0.340. The third-order valence-corrected chi connectivity index (χ3v) is 6.48. The first kappa shape index (κ1) is 25.9. The Kier molecular flexibility index (Phi) is 7.23. The van der Waals surface area contributed by atoms with E-state index in [4.69, 9.17) is 0 Å². The number of halogens is 3. The first-order valence-electron chi connectivity index (χ1n) is 11.0. The molecule has 0 heterocycles. The highest BCUT2D eigenvalue weighted by molar-refractivity contribution is 7.99. The Morgan fingerprint density at radius 3 is 1.97 bits per heavy atom. The zero-order chi connectivity index (χ0) is 25.3. The average molecular weight is 485 g/mol. The van der Waals surface area contributed by atoms with Crippen molar-refractivity contribution < 1.29 is 18.3 Å². The topological polar surface area (TPSA) is 32.3 Å². The molecule has 2 nitrogen and oxygen atoms in total. The molecule has 0 spiro atoms. The fourth-order valence-electron chi connectivity index (χ4n) is 3.37. The lowest BCUT2D eigenvalue weighted by Gasteiger charge is -2.26. The molecule has 1 radical (unpaired) electrons. The molecule has 34 heavy (non-hydrogen) atoms. The summed E-state index contributed by atoms with van der Waals surface area (Å²) < 4.78 is 38.6. The van der Waals surface area contributed by atoms with Crippen molar-refractivity contribution >= 4 is 23.7 Å². The minimum atomic E-state index is -4.37. The molecule has 0 aliphatic carbocycles. The highest BCUT2D eigenvalue weighted by atomic mass is 32.2. The van der Waals surface area contributed by atoms with Gasteiger partial charge < -0.3 is 0 Å². The van der Waals surface area contributed by atoms with Crippen LogP contribution in [0.2, 0.25) is 0 Å². The lowest BCUT2D eigenvalue weighted by atomic mass is 9.79. The van der Waals surface area contributed by atoms with E-state index in [1.165, 1.54) is 23.9 Å². The van der Waals surface area contributed by atoms with Gasteiger partial charge in [-0.3, -0.25) is 10.1 Å². The molecule has 0 aromatic heterocycles. The predicted octanol–water partition coefficient (Wildman–Crippen LogP) is 9.35. The van der Waals surface area contributed by atoms with Crippen molar-refractivity contribution in [1.29, 1.82) is 0 Å². The Balaban J connectivity index is 1.97. The maximum Gasteiger partial charge on any atom is 0.416 e. The molecule has 0 N–H and O–H groups in total. The summed E-state index contributed by atoms with van der Waals surface area (Å²) in [5.41, 5.74) is 1.85. The van der Waals surface area contributed by atoms with E-state index in [2.05, 4.69) is 25.8 Å². The van der Waals surface area contributed by atoms with Gasteiger partial charge in [0.25, 0.3) is 0 Å². The average Bonchev–Trinajstić information content (AvgIpc) is 2.72. The fourth-order valence-corrected chi connectivity index (χ4v) is 4.26. The molecule has 0 aliphatic heterocycles. The van der Waals surface area contributed by atoms with Crippen LogP contribution in [-0.4, -0.2) is 6.21 Å². The van der Waals surface area contributed by atoms with Crippen molar-refractivity contribution in [2.75, 3.05) is 0 Å². The molecule has 0 amide bonds. The van der Waals surface area contributed by atoms with Gasteiger partial charge in [-0.05, 0) is 58.9 Å². The second-order valence-corrected chi connectivity index (χ2v) is 11.4. The smallest absolute Gasteiger partial charge is 0.289 e. The summed E-state index contributed by atoms with van der Waals surface area (Å²) in [5, 5.41) is 13.2. The van der Waals surface area contributed by atoms with Crippen LogP contribution in [0, 0.1) is 0 Å². The third-order valence-electron chi connectivity index (χ3n) is 5.41. The number of rotatable bonds is 4. The number of hydrogen-bond acceptors (Lipinski definition) is 2. The van der Waals surface area contributed by atoms with Crippen LogP contribution in [0.4, 0.5) is 18.9 Å². The molecular weight excluding hydrogens is 455 g/mol. The van der Waals surface area contributed by atoms with Gasteiger partial charge in [0.05, 0.1) is 11.3 Å². The van der Waals surface area contributed by atoms with Crippen molar-refractivity contribution in [3.63, 3.8) is 0 Å². The number of aliphatic imine (C=N–C) groups is 1. The molecule has 0 saturated heterocycles. The van der Waals surface area contributed by atoms with Gasteiger partial charge in [0.15, 0.2) is 5.75 Å². The van der Waals surface area contributed by atoms with Crippen LogP contribution in [0.15, 0.2) is 75.4 Å². The van der Waals surface area contributed by atoms with Gasteiger partial charge in [-0.2, -0.15) is 13.2 Å². The van der Waals surface area contributed by atoms with Gasteiger partial charge in [-0.1, -0.05) is 71.5 Å². The Hall–Kier alpha value is -2.73. The van der Waals surface area contributed by atoms with Crippen LogP contribution in [0.3, 0.4) is 0 Å². The van der Waals surface area contributed by atoms with E-state index < -0.39 is 11.7 Å². The maximum absolute atomic E-state index is 13.2. The lowest BCUT2D eigenvalue weighted by Crippen LogP contribution is -2.17. The molecule has 0 fully saturated rings. The largest absolute Gasteiger partial charge is 0.416 e. The molecule has 0 atom stereocenters. The van der Waals surface area contributed by atoms with E-state index in [-0.39, 0.29) is 16.6 Å². The van der Waals surface area contributed by atoms with Crippen LogP contribution in [-0.2, 0) is 22.1 Å². The van der Waals surface area contributed by atoms with Crippen LogP contribution in [0.25, 0.3) is 0 Å². The Bertz CT molecular complexity index is 1180. The van der Waals surface area contributed by atoms with E-state index in [0.717, 1.165) is 28.2 Å². The lowest BCUT2D eigenvalue weighted by molar-refractivity contribution is -0.137. The van der Waals surface area contributed by atoms with Crippen molar-refractivity contribution in [3.8, 4) is 5.75 Å². The van der Waals surface area contributed by atoms with Gasteiger partial charge in [-0.15, -0.1) is 0 Å². The zero-order valence-corrected chi connectivity index (χ0v) is 21.1. The van der Waals surface area contributed by atoms with E-state index >= 15 is 0 Å². The van der Waals surface area contributed by atoms with Crippen LogP contribution >= 0.6 is 11.8 Å². The van der Waals surface area contributed by atoms with Gasteiger partial charge in [0.1, 0.15) is 0 Å². The van der Waals surface area contributed by atoms with E-state index in [9.17, 15) is 18.3 Å². The van der Waals surface area contributed by atoms with Crippen LogP contribution < -0.4 is 0 Å². The van der Waals surface area contributed by atoms with Crippen LogP contribution in [0.1, 0.15) is 63.8 Å². The predicted molar refractivity (Wildman–Crippen MR) is 133 cm³/mol. The van der Waals surface area contributed by atoms with E-state index in [1.807, 2.05) is 57.2 Å². The Morgan fingerprint density at radius 2 is 1.41 bits per heavy atom. The van der Waals surface area contributed by atoms with E-state index in [1.54, 1.807) is 6.21 Å². The molecule has 3 aromatic rings. The highest BCUT2D eigenvalue weighted by Crippen LogP contribution is 2.39. The highest BCUT2D eigenvalue weighted by Gasteiger charge is 2.30. The van der Waals surface area contributed by atoms with Gasteiger partial charge in [-0.25, -0.2) is 0 Å². The first-order valence-corrected chi connectivity index (χ1v) is 11.8. The standard InChI is InChI=1S/C28H29F3NOS/c1-26(2,3)20-15-18(25(33)22(16-20)27(4,5)6)17-32-23-9-7-8-10-24(23)34-21-13-11-19(12-14-21)28(29,30)31/h7-17H,1-6H3. The summed E-state index contributed by atoms with van der Waals surface area (Å²) in [6.07, 6.45) is -2.77. The number of hydrogen-bond donors (Lipinski definition) is 0. The molecule has 0 bridgehead atoms. The molecule has 179 valence electrons. The summed E-state index contributed by atoms with van der Waals surface area (Å²) in [6.45, 7) is 12.4. The number of benzene rings is 3. The third kappa shape index (κ3) is 6.23. The summed E-state index contributed by atoms with van der Waals surface area (Å²) in [6, 6.07) is 16.3. The summed E-state index contributed by atoms with van der Waals surface area (Å²) in [5.74, 6) is -0.0443. The normalized spacial score (nSPS) is 13.0. The van der Waals surface area contributed by atoms with Gasteiger partial charge in [0.2, 0.25) is 0 Å². The summed E-state index contributed by atoms with van der Waals surface area (Å²) in [7, 11) is 0.